The van der Waals surface area contributed by atoms with Crippen LogP contribution < -0.4 is 0 Å². The number of aryl methyl sites for hydroxylation is 2. The molecule has 3 rings (SSSR count). The summed E-state index contributed by atoms with van der Waals surface area (Å²) in [6, 6.07) is 2.44. The Labute approximate surface area is 133 Å². The van der Waals surface area contributed by atoms with E-state index in [4.69, 9.17) is 0 Å². The highest BCUT2D eigenvalue weighted by molar-refractivity contribution is 9.10. The lowest BCUT2D eigenvalue weighted by molar-refractivity contribution is 0.156. The number of likely N-dealkylation sites (tertiary alicyclic amines) is 1. The van der Waals surface area contributed by atoms with E-state index in [2.05, 4.69) is 41.4 Å². The van der Waals surface area contributed by atoms with Crippen molar-refractivity contribution in [1.29, 1.82) is 0 Å². The maximum absolute atomic E-state index is 9.37. The van der Waals surface area contributed by atoms with Crippen molar-refractivity contribution in [3.63, 3.8) is 0 Å². The van der Waals surface area contributed by atoms with E-state index >= 15 is 0 Å². The number of hydrogen-bond acceptors (Lipinski definition) is 4. The van der Waals surface area contributed by atoms with Crippen LogP contribution in [0.15, 0.2) is 16.7 Å². The van der Waals surface area contributed by atoms with Gasteiger partial charge in [0.2, 0.25) is 0 Å². The molecule has 114 valence electrons. The van der Waals surface area contributed by atoms with E-state index < -0.39 is 0 Å². The van der Waals surface area contributed by atoms with Gasteiger partial charge in [0.15, 0.2) is 5.65 Å². The summed E-state index contributed by atoms with van der Waals surface area (Å²) in [7, 11) is 0. The predicted octanol–water partition coefficient (Wildman–Crippen LogP) is 2.35. The number of halogens is 1. The average molecular weight is 353 g/mol. The van der Waals surface area contributed by atoms with E-state index in [0.717, 1.165) is 53.9 Å². The van der Waals surface area contributed by atoms with Gasteiger partial charge in [0.25, 0.3) is 0 Å². The van der Waals surface area contributed by atoms with E-state index in [9.17, 15) is 5.11 Å². The summed E-state index contributed by atoms with van der Waals surface area (Å²) in [6.07, 6.45) is 5.18. The van der Waals surface area contributed by atoms with Crippen LogP contribution in [0.25, 0.3) is 11.2 Å². The fourth-order valence-corrected chi connectivity index (χ4v) is 3.52. The minimum Gasteiger partial charge on any atom is -0.395 e. The van der Waals surface area contributed by atoms with Gasteiger partial charge in [0.05, 0.1) is 12.1 Å². The third kappa shape index (κ3) is 3.12. The van der Waals surface area contributed by atoms with Crippen LogP contribution in [0, 0.1) is 6.92 Å². The van der Waals surface area contributed by atoms with Gasteiger partial charge in [-0.3, -0.25) is 4.90 Å². The van der Waals surface area contributed by atoms with Gasteiger partial charge < -0.3 is 9.67 Å². The Bertz CT molecular complexity index is 627. The summed E-state index contributed by atoms with van der Waals surface area (Å²) >= 11 is 3.48. The van der Waals surface area contributed by atoms with Gasteiger partial charge in [0, 0.05) is 29.8 Å². The Balaban J connectivity index is 1.68. The zero-order valence-electron chi connectivity index (χ0n) is 12.3. The molecule has 0 aromatic carbocycles. The summed E-state index contributed by atoms with van der Waals surface area (Å²) in [5.74, 6) is 1.01. The summed E-state index contributed by atoms with van der Waals surface area (Å²) < 4.78 is 3.22. The molecule has 0 bridgehead atoms. The van der Waals surface area contributed by atoms with Crippen LogP contribution in [0.5, 0.6) is 0 Å². The van der Waals surface area contributed by atoms with Gasteiger partial charge in [-0.25, -0.2) is 9.97 Å². The summed E-state index contributed by atoms with van der Waals surface area (Å²) in [5, 5.41) is 9.37. The van der Waals surface area contributed by atoms with Crippen LogP contribution in [0.1, 0.15) is 25.1 Å². The normalized spacial score (nSPS) is 19.7. The smallest absolute Gasteiger partial charge is 0.177 e. The lowest BCUT2D eigenvalue weighted by Gasteiger charge is -2.22. The Hall–Kier alpha value is -0.980. The van der Waals surface area contributed by atoms with Gasteiger partial charge in [-0.05, 0) is 54.7 Å². The van der Waals surface area contributed by atoms with Crippen molar-refractivity contribution in [3.8, 4) is 0 Å². The van der Waals surface area contributed by atoms with Gasteiger partial charge in [0.1, 0.15) is 5.82 Å². The van der Waals surface area contributed by atoms with Crippen LogP contribution in [-0.4, -0.2) is 50.3 Å². The van der Waals surface area contributed by atoms with Crippen molar-refractivity contribution in [2.24, 2.45) is 0 Å². The first-order chi connectivity index (χ1) is 10.2. The third-order valence-electron chi connectivity index (χ3n) is 4.30. The van der Waals surface area contributed by atoms with Crippen LogP contribution in [-0.2, 0) is 6.54 Å². The van der Waals surface area contributed by atoms with Crippen molar-refractivity contribution in [2.45, 2.75) is 38.8 Å². The second kappa shape index (κ2) is 6.42. The molecule has 1 atom stereocenters. The predicted molar refractivity (Wildman–Crippen MR) is 86.3 cm³/mol. The average Bonchev–Trinajstić information content (AvgIpc) is 3.04. The quantitative estimate of drug-likeness (QED) is 0.897. The first-order valence-corrected chi connectivity index (χ1v) is 8.31. The molecule has 0 amide bonds. The summed E-state index contributed by atoms with van der Waals surface area (Å²) in [6.45, 7) is 5.40. The minimum atomic E-state index is 0.282. The van der Waals surface area contributed by atoms with Gasteiger partial charge in [-0.1, -0.05) is 0 Å². The minimum absolute atomic E-state index is 0.282. The molecule has 0 saturated carbocycles. The third-order valence-corrected chi connectivity index (χ3v) is 4.73. The number of pyridine rings is 1. The highest BCUT2D eigenvalue weighted by Gasteiger charge is 2.22. The summed E-state index contributed by atoms with van der Waals surface area (Å²) in [5.41, 5.74) is 1.90. The zero-order valence-corrected chi connectivity index (χ0v) is 13.9. The molecule has 1 fully saturated rings. The Kier molecular flexibility index (Phi) is 4.57. The Morgan fingerprint density at radius 3 is 3.10 bits per heavy atom. The molecule has 2 aromatic heterocycles. The number of aliphatic hydroxyl groups excluding tert-OH is 1. The molecule has 21 heavy (non-hydrogen) atoms. The number of fused-ring (bicyclic) bond motifs is 1. The van der Waals surface area contributed by atoms with Crippen LogP contribution in [0.4, 0.5) is 0 Å². The maximum atomic E-state index is 9.37. The molecule has 1 aliphatic heterocycles. The SMILES string of the molecule is Cc1nc2ncc(Br)cc2n1CCCN1CCCC1CO. The number of imidazole rings is 1. The number of rotatable bonds is 5. The number of aliphatic hydroxyl groups is 1. The van der Waals surface area contributed by atoms with E-state index in [1.54, 1.807) is 6.20 Å². The summed E-state index contributed by atoms with van der Waals surface area (Å²) in [4.78, 5) is 11.3. The molecular weight excluding hydrogens is 332 g/mol. The van der Waals surface area contributed by atoms with Crippen molar-refractivity contribution in [1.82, 2.24) is 19.4 Å². The molecule has 3 heterocycles. The molecule has 1 saturated heterocycles. The molecule has 6 heteroatoms. The van der Waals surface area contributed by atoms with Gasteiger partial charge in [-0.15, -0.1) is 0 Å². The first kappa shape index (κ1) is 14.9. The molecule has 1 aliphatic rings. The fourth-order valence-electron chi connectivity index (χ4n) is 3.20. The second-order valence-corrected chi connectivity index (χ2v) is 6.59. The fraction of sp³-hybridized carbons (Fsp3) is 0.600. The molecule has 0 radical (unpaired) electrons. The molecule has 1 unspecified atom stereocenters. The molecule has 1 N–H and O–H groups in total. The topological polar surface area (TPSA) is 54.2 Å². The van der Waals surface area contributed by atoms with E-state index in [1.807, 2.05) is 6.92 Å². The second-order valence-electron chi connectivity index (χ2n) is 5.68. The molecule has 2 aromatic rings. The van der Waals surface area contributed by atoms with Gasteiger partial charge in [-0.2, -0.15) is 0 Å². The van der Waals surface area contributed by atoms with Crippen molar-refractivity contribution < 1.29 is 5.11 Å². The Morgan fingerprint density at radius 1 is 1.43 bits per heavy atom. The van der Waals surface area contributed by atoms with Crippen LogP contribution >= 0.6 is 15.9 Å². The molecule has 5 nitrogen and oxygen atoms in total. The lowest BCUT2D eigenvalue weighted by Crippen LogP contribution is -2.33. The van der Waals surface area contributed by atoms with Crippen molar-refractivity contribution in [3.05, 3.63) is 22.6 Å². The highest BCUT2D eigenvalue weighted by Crippen LogP contribution is 2.20. The largest absolute Gasteiger partial charge is 0.395 e. The van der Waals surface area contributed by atoms with Crippen molar-refractivity contribution in [2.75, 3.05) is 19.7 Å². The lowest BCUT2D eigenvalue weighted by atomic mass is 10.2. The first-order valence-electron chi connectivity index (χ1n) is 7.52. The number of nitrogens with zero attached hydrogens (tertiary/aromatic N) is 4. The monoisotopic (exact) mass is 352 g/mol. The van der Waals surface area contributed by atoms with Gasteiger partial charge >= 0.3 is 0 Å². The number of hydrogen-bond donors (Lipinski definition) is 1. The van der Waals surface area contributed by atoms with Crippen LogP contribution in [0.2, 0.25) is 0 Å². The maximum Gasteiger partial charge on any atom is 0.177 e. The van der Waals surface area contributed by atoms with E-state index in [-0.39, 0.29) is 6.61 Å². The molecular formula is C15H21BrN4O. The van der Waals surface area contributed by atoms with Crippen molar-refractivity contribution >= 4 is 27.1 Å². The molecule has 0 spiro atoms. The standard InChI is InChI=1S/C15H21BrN4O/c1-11-18-15-14(8-12(16)9-17-15)20(11)7-3-6-19-5-2-4-13(19)10-21/h8-9,13,21H,2-7,10H2,1H3. The van der Waals surface area contributed by atoms with E-state index in [0.29, 0.717) is 6.04 Å². The highest BCUT2D eigenvalue weighted by atomic mass is 79.9. The number of aromatic nitrogens is 3. The van der Waals surface area contributed by atoms with Crippen LogP contribution in [0.3, 0.4) is 0 Å². The molecule has 0 aliphatic carbocycles. The van der Waals surface area contributed by atoms with E-state index in [1.165, 1.54) is 6.42 Å². The Morgan fingerprint density at radius 2 is 2.29 bits per heavy atom. The zero-order chi connectivity index (χ0) is 14.8.